The molecule has 0 spiro atoms. The Morgan fingerprint density at radius 2 is 0.889 bits per heavy atom. The van der Waals surface area contributed by atoms with Crippen LogP contribution in [0.5, 0.6) is 11.5 Å². The third-order valence-electron chi connectivity index (χ3n) is 8.47. The van der Waals surface area contributed by atoms with Gasteiger partial charge in [0.05, 0.1) is 11.4 Å². The zero-order valence-electron chi connectivity index (χ0n) is 28.2. The number of aromatic hydroxyl groups is 2. The fourth-order valence-electron chi connectivity index (χ4n) is 5.94. The number of phenols is 2. The lowest BCUT2D eigenvalue weighted by molar-refractivity contribution is 0.101. The van der Waals surface area contributed by atoms with Crippen LogP contribution in [0.2, 0.25) is 0 Å². The molecule has 6 rings (SSSR count). The second-order valence-electron chi connectivity index (χ2n) is 12.1. The van der Waals surface area contributed by atoms with Gasteiger partial charge in [0, 0.05) is 44.0 Å². The summed E-state index contributed by atoms with van der Waals surface area (Å²) in [5.74, 6) is -2.00. The molecule has 0 atom stereocenters. The lowest BCUT2D eigenvalue weighted by Crippen LogP contribution is -2.21. The minimum atomic E-state index is -4.87. The number of hydrogen-bond acceptors (Lipinski definition) is 9. The summed E-state index contributed by atoms with van der Waals surface area (Å²) >= 11 is 0. The van der Waals surface area contributed by atoms with Gasteiger partial charge in [-0.15, -0.1) is 0 Å². The van der Waals surface area contributed by atoms with Gasteiger partial charge in [-0.2, -0.15) is 16.8 Å². The monoisotopic (exact) mass is 770 g/mol. The topological polar surface area (TPSA) is 249 Å². The number of benzene rings is 6. The van der Waals surface area contributed by atoms with Crippen molar-refractivity contribution in [1.82, 2.24) is 0 Å². The van der Waals surface area contributed by atoms with Crippen molar-refractivity contribution in [2.24, 2.45) is 0 Å². The Labute approximate surface area is 307 Å². The van der Waals surface area contributed by atoms with E-state index in [2.05, 4.69) is 21.3 Å². The van der Waals surface area contributed by atoms with E-state index in [1.807, 2.05) is 0 Å². The maximum atomic E-state index is 13.4. The van der Waals surface area contributed by atoms with Gasteiger partial charge in [0.1, 0.15) is 21.3 Å². The van der Waals surface area contributed by atoms with Crippen LogP contribution in [-0.4, -0.2) is 54.0 Å². The molecule has 15 nitrogen and oxygen atoms in total. The number of carbonyl (C=O) groups excluding carboxylic acids is 3. The molecule has 0 heterocycles. The largest absolute Gasteiger partial charge is 0.507 e. The number of aryl methyl sites for hydroxylation is 2. The van der Waals surface area contributed by atoms with Crippen molar-refractivity contribution >= 4 is 82.4 Å². The van der Waals surface area contributed by atoms with Crippen LogP contribution in [0.1, 0.15) is 31.8 Å². The van der Waals surface area contributed by atoms with Gasteiger partial charge in [-0.25, -0.2) is 4.79 Å². The number of carbonyl (C=O) groups is 3. The summed E-state index contributed by atoms with van der Waals surface area (Å²) < 4.78 is 69.4. The molecule has 0 unspecified atom stereocenters. The standard InChI is InChI=1S/C37H30N4O11S2/c1-19-9-11-21(17-27(19)35(44)40-29-15-13-23-25(5-3-7-31(23)42)33(29)53(47,48)49)38-37(46)39-22-12-10-20(2)28(18-22)36(45)41-30-16-14-24-26(6-4-8-32(24)43)34(30)54(50,51)52/h3-18,42-43H,1-2H3,(H,40,44)(H,41,45)(H2,38,39,46)(H,47,48,49)(H,50,51,52). The van der Waals surface area contributed by atoms with E-state index in [-0.39, 0.29) is 66.9 Å². The Morgan fingerprint density at radius 3 is 1.26 bits per heavy atom. The van der Waals surface area contributed by atoms with Crippen LogP contribution in [0, 0.1) is 13.8 Å². The number of phenolic OH excluding ortho intramolecular Hbond substituents is 2. The quantitative estimate of drug-likeness (QED) is 0.0760. The summed E-state index contributed by atoms with van der Waals surface area (Å²) in [5, 5.41) is 30.7. The van der Waals surface area contributed by atoms with Crippen molar-refractivity contribution in [2.45, 2.75) is 23.6 Å². The smallest absolute Gasteiger partial charge is 0.323 e. The predicted molar refractivity (Wildman–Crippen MR) is 202 cm³/mol. The molecular formula is C37H30N4O11S2. The van der Waals surface area contributed by atoms with E-state index < -0.39 is 47.9 Å². The molecule has 0 fully saturated rings. The van der Waals surface area contributed by atoms with E-state index in [1.165, 1.54) is 97.1 Å². The zero-order chi connectivity index (χ0) is 39.1. The fourth-order valence-corrected chi connectivity index (χ4v) is 7.65. The molecule has 6 aromatic rings. The predicted octanol–water partition coefficient (Wildman–Crippen LogP) is 6.66. The molecule has 0 radical (unpaired) electrons. The van der Waals surface area contributed by atoms with Crippen LogP contribution in [0.4, 0.5) is 27.5 Å². The summed E-state index contributed by atoms with van der Waals surface area (Å²) in [6, 6.07) is 21.4. The van der Waals surface area contributed by atoms with Gasteiger partial charge in [-0.3, -0.25) is 18.7 Å². The molecule has 54 heavy (non-hydrogen) atoms. The fraction of sp³-hybridized carbons (Fsp3) is 0.0541. The third kappa shape index (κ3) is 7.50. The SMILES string of the molecule is Cc1ccc(NC(=O)Nc2ccc(C)c(C(=O)Nc3ccc4c(O)cccc4c3S(=O)(=O)O)c2)cc1C(=O)Nc1ccc2c(O)cccc2c1S(=O)(=O)O. The molecule has 276 valence electrons. The van der Waals surface area contributed by atoms with Crippen LogP contribution < -0.4 is 21.3 Å². The minimum absolute atomic E-state index is 0.0199. The first-order chi connectivity index (χ1) is 25.4. The van der Waals surface area contributed by atoms with Crippen molar-refractivity contribution in [3.05, 3.63) is 119 Å². The number of urea groups is 1. The van der Waals surface area contributed by atoms with Gasteiger partial charge in [0.25, 0.3) is 32.1 Å². The van der Waals surface area contributed by atoms with Crippen molar-refractivity contribution < 1.29 is 50.5 Å². The Balaban J connectivity index is 1.20. The Bertz CT molecular complexity index is 2600. The number of anilines is 4. The van der Waals surface area contributed by atoms with Crippen molar-refractivity contribution in [3.8, 4) is 11.5 Å². The van der Waals surface area contributed by atoms with E-state index in [9.17, 15) is 50.5 Å². The van der Waals surface area contributed by atoms with E-state index in [1.54, 1.807) is 13.8 Å². The van der Waals surface area contributed by atoms with Crippen molar-refractivity contribution in [1.29, 1.82) is 0 Å². The number of nitrogens with one attached hydrogen (secondary N) is 4. The van der Waals surface area contributed by atoms with Crippen LogP contribution in [0.3, 0.4) is 0 Å². The highest BCUT2D eigenvalue weighted by Gasteiger charge is 2.25. The number of amides is 4. The molecule has 0 saturated carbocycles. The van der Waals surface area contributed by atoms with Crippen LogP contribution >= 0.6 is 0 Å². The van der Waals surface area contributed by atoms with Gasteiger partial charge in [-0.05, 0) is 85.6 Å². The van der Waals surface area contributed by atoms with E-state index in [0.29, 0.717) is 11.1 Å². The molecule has 0 aliphatic rings. The molecule has 0 bridgehead atoms. The zero-order valence-corrected chi connectivity index (χ0v) is 29.8. The van der Waals surface area contributed by atoms with E-state index >= 15 is 0 Å². The molecule has 8 N–H and O–H groups in total. The van der Waals surface area contributed by atoms with Crippen molar-refractivity contribution in [2.75, 3.05) is 21.3 Å². The Hall–Kier alpha value is -6.53. The number of hydrogen-bond donors (Lipinski definition) is 8. The van der Waals surface area contributed by atoms with E-state index in [4.69, 9.17) is 0 Å². The average molecular weight is 771 g/mol. The van der Waals surface area contributed by atoms with Gasteiger partial charge in [0.15, 0.2) is 0 Å². The van der Waals surface area contributed by atoms with Crippen molar-refractivity contribution in [3.63, 3.8) is 0 Å². The molecule has 6 aromatic carbocycles. The highest BCUT2D eigenvalue weighted by Crippen LogP contribution is 2.36. The molecule has 4 amide bonds. The lowest BCUT2D eigenvalue weighted by atomic mass is 10.1. The average Bonchev–Trinajstić information content (AvgIpc) is 3.08. The Morgan fingerprint density at radius 1 is 0.500 bits per heavy atom. The summed E-state index contributed by atoms with van der Waals surface area (Å²) in [5.41, 5.74) is 0.840. The first-order valence-electron chi connectivity index (χ1n) is 15.8. The summed E-state index contributed by atoms with van der Waals surface area (Å²) in [7, 11) is -9.74. The van der Waals surface area contributed by atoms with Crippen LogP contribution in [0.15, 0.2) is 107 Å². The third-order valence-corrected chi connectivity index (χ3v) is 10.4. The second-order valence-corrected chi connectivity index (χ2v) is 14.8. The maximum absolute atomic E-state index is 13.4. The Kier molecular flexibility index (Phi) is 9.74. The minimum Gasteiger partial charge on any atom is -0.507 e. The molecule has 17 heteroatoms. The van der Waals surface area contributed by atoms with Crippen LogP contribution in [0.25, 0.3) is 21.5 Å². The first kappa shape index (κ1) is 37.2. The highest BCUT2D eigenvalue weighted by atomic mass is 32.2. The summed E-state index contributed by atoms with van der Waals surface area (Å²) in [4.78, 5) is 38.6. The first-order valence-corrected chi connectivity index (χ1v) is 18.7. The molecular weight excluding hydrogens is 741 g/mol. The van der Waals surface area contributed by atoms with Gasteiger partial charge >= 0.3 is 6.03 Å². The second kappa shape index (κ2) is 14.1. The normalized spacial score (nSPS) is 11.6. The molecule has 0 saturated heterocycles. The maximum Gasteiger partial charge on any atom is 0.323 e. The lowest BCUT2D eigenvalue weighted by Gasteiger charge is -2.15. The number of fused-ring (bicyclic) bond motifs is 2. The highest BCUT2D eigenvalue weighted by molar-refractivity contribution is 7.86. The number of rotatable bonds is 8. The van der Waals surface area contributed by atoms with Gasteiger partial charge in [0.2, 0.25) is 0 Å². The van der Waals surface area contributed by atoms with Gasteiger partial charge in [-0.1, -0.05) is 36.4 Å². The molecule has 0 aromatic heterocycles. The van der Waals surface area contributed by atoms with Gasteiger partial charge < -0.3 is 31.5 Å². The molecule has 0 aliphatic carbocycles. The summed E-state index contributed by atoms with van der Waals surface area (Å²) in [6.45, 7) is 3.22. The summed E-state index contributed by atoms with van der Waals surface area (Å²) in [6.07, 6.45) is 0. The van der Waals surface area contributed by atoms with E-state index in [0.717, 1.165) is 0 Å². The van der Waals surface area contributed by atoms with Crippen LogP contribution in [-0.2, 0) is 20.2 Å². The molecule has 0 aliphatic heterocycles.